The van der Waals surface area contributed by atoms with Crippen molar-refractivity contribution in [3.05, 3.63) is 70.8 Å². The topological polar surface area (TPSA) is 103 Å². The predicted molar refractivity (Wildman–Crippen MR) is 149 cm³/mol. The van der Waals surface area contributed by atoms with Crippen LogP contribution in [0.25, 0.3) is 0 Å². The Morgan fingerprint density at radius 1 is 0.923 bits per heavy atom. The monoisotopic (exact) mass is 536 g/mol. The summed E-state index contributed by atoms with van der Waals surface area (Å²) >= 11 is 0. The first-order valence-corrected chi connectivity index (χ1v) is 13.6. The maximum Gasteiger partial charge on any atom is 0.362 e. The Balaban J connectivity index is 1.96. The molecule has 1 N–H and O–H groups in total. The average molecular weight is 537 g/mol. The first-order valence-electron chi connectivity index (χ1n) is 13.6. The number of amides is 1. The quantitative estimate of drug-likeness (QED) is 0.235. The summed E-state index contributed by atoms with van der Waals surface area (Å²) in [6, 6.07) is 14.1. The fourth-order valence-electron chi connectivity index (χ4n) is 4.69. The van der Waals surface area contributed by atoms with Crippen molar-refractivity contribution < 1.29 is 28.8 Å². The highest BCUT2D eigenvalue weighted by Crippen LogP contribution is 2.46. The number of ether oxygens (including phenoxy) is 1. The van der Waals surface area contributed by atoms with Gasteiger partial charge in [0.1, 0.15) is 0 Å². The second-order valence-electron chi connectivity index (χ2n) is 11.1. The second kappa shape index (κ2) is 12.9. The summed E-state index contributed by atoms with van der Waals surface area (Å²) in [7, 11) is 0. The van der Waals surface area contributed by atoms with Crippen molar-refractivity contribution in [2.45, 2.75) is 90.6 Å². The molecule has 0 spiro atoms. The molecule has 1 atom stereocenters. The third-order valence-electron chi connectivity index (χ3n) is 7.23. The van der Waals surface area contributed by atoms with Gasteiger partial charge in [0.25, 0.3) is 0 Å². The third-order valence-corrected chi connectivity index (χ3v) is 7.23. The lowest BCUT2D eigenvalue weighted by atomic mass is 9.63. The minimum atomic E-state index is -0.965. The molecule has 0 saturated heterocycles. The number of fused-ring (bicyclic) bond motifs is 1. The summed E-state index contributed by atoms with van der Waals surface area (Å²) < 4.78 is 5.15. The molecule has 0 aliphatic heterocycles. The highest BCUT2D eigenvalue weighted by Gasteiger charge is 2.37. The van der Waals surface area contributed by atoms with Crippen LogP contribution in [0, 0.1) is 0 Å². The molecule has 3 rings (SSSR count). The van der Waals surface area contributed by atoms with Crippen molar-refractivity contribution >= 4 is 23.6 Å². The van der Waals surface area contributed by atoms with Crippen LogP contribution in [-0.2, 0) is 34.8 Å². The third kappa shape index (κ3) is 7.46. The lowest BCUT2D eigenvalue weighted by molar-refractivity contribution is -0.157. The van der Waals surface area contributed by atoms with Gasteiger partial charge in [0.05, 0.1) is 12.2 Å². The zero-order valence-electron chi connectivity index (χ0n) is 23.8. The summed E-state index contributed by atoms with van der Waals surface area (Å²) in [5.41, 5.74) is 5.07. The fraction of sp³-hybridized carbons (Fsp3) is 0.484. The van der Waals surface area contributed by atoms with Crippen LogP contribution in [0.15, 0.2) is 53.7 Å². The summed E-state index contributed by atoms with van der Waals surface area (Å²) in [6.07, 6.45) is 3.03. The van der Waals surface area contributed by atoms with E-state index in [9.17, 15) is 14.4 Å². The van der Waals surface area contributed by atoms with Crippen LogP contribution in [0.3, 0.4) is 0 Å². The van der Waals surface area contributed by atoms with Gasteiger partial charge in [0.15, 0.2) is 5.71 Å². The van der Waals surface area contributed by atoms with Gasteiger partial charge in [-0.1, -0.05) is 76.5 Å². The van der Waals surface area contributed by atoms with Gasteiger partial charge < -0.3 is 14.4 Å². The smallest absolute Gasteiger partial charge is 0.362 e. The van der Waals surface area contributed by atoms with E-state index < -0.39 is 23.9 Å². The SMILES string of the molecule is CCCCC(ON=C(C(=O)NOC(=O)c1ccccc1)c1ccc2c(c1)C(C)(C)CCC2(C)C)C(=O)OCC. The number of nitrogens with zero attached hydrogens (tertiary/aromatic N) is 1. The van der Waals surface area contributed by atoms with Gasteiger partial charge in [-0.25, -0.2) is 9.59 Å². The number of nitrogens with one attached hydrogen (secondary N) is 1. The van der Waals surface area contributed by atoms with E-state index in [1.165, 1.54) is 5.56 Å². The molecule has 8 nitrogen and oxygen atoms in total. The average Bonchev–Trinajstić information content (AvgIpc) is 2.92. The number of benzene rings is 2. The zero-order chi connectivity index (χ0) is 28.6. The molecular weight excluding hydrogens is 496 g/mol. The standard InChI is InChI=1S/C31H40N2O6/c1-7-9-15-25(29(36)37-8-2)38-32-26(27(34)33-39-28(35)21-13-11-10-12-14-21)22-16-17-23-24(20-22)31(5,6)19-18-30(23,3)4/h10-14,16-17,20,25H,7-9,15,18-19H2,1-6H3,(H,33,34). The summed E-state index contributed by atoms with van der Waals surface area (Å²) in [6.45, 7) is 12.7. The highest BCUT2D eigenvalue weighted by atomic mass is 16.7. The van der Waals surface area contributed by atoms with E-state index in [0.29, 0.717) is 12.0 Å². The number of carbonyl (C=O) groups excluding carboxylic acids is 3. The lowest BCUT2D eigenvalue weighted by Gasteiger charge is -2.42. The highest BCUT2D eigenvalue weighted by molar-refractivity contribution is 6.45. The number of hydrogen-bond acceptors (Lipinski definition) is 7. The second-order valence-corrected chi connectivity index (χ2v) is 11.1. The number of carbonyl (C=O) groups is 3. The minimum Gasteiger partial charge on any atom is -0.463 e. The van der Waals surface area contributed by atoms with Crippen LogP contribution < -0.4 is 5.48 Å². The minimum absolute atomic E-state index is 0.0141. The van der Waals surface area contributed by atoms with Gasteiger partial charge in [-0.2, -0.15) is 5.48 Å². The Morgan fingerprint density at radius 3 is 2.23 bits per heavy atom. The van der Waals surface area contributed by atoms with Gasteiger partial charge >= 0.3 is 17.8 Å². The van der Waals surface area contributed by atoms with Crippen molar-refractivity contribution in [1.29, 1.82) is 0 Å². The summed E-state index contributed by atoms with van der Waals surface area (Å²) in [4.78, 5) is 49.0. The first-order chi connectivity index (χ1) is 18.5. The molecule has 2 aromatic carbocycles. The fourth-order valence-corrected chi connectivity index (χ4v) is 4.69. The summed E-state index contributed by atoms with van der Waals surface area (Å²) in [5.74, 6) is -2.03. The molecule has 0 fully saturated rings. The number of unbranched alkanes of at least 4 members (excludes halogenated alkanes) is 1. The molecule has 2 aromatic rings. The molecular formula is C31H40N2O6. The van der Waals surface area contributed by atoms with Crippen molar-refractivity contribution in [3.63, 3.8) is 0 Å². The van der Waals surface area contributed by atoms with E-state index in [1.807, 2.05) is 25.1 Å². The molecule has 8 heteroatoms. The molecule has 0 radical (unpaired) electrons. The van der Waals surface area contributed by atoms with Gasteiger partial charge in [0.2, 0.25) is 6.10 Å². The largest absolute Gasteiger partial charge is 0.463 e. The van der Waals surface area contributed by atoms with E-state index in [1.54, 1.807) is 37.3 Å². The van der Waals surface area contributed by atoms with Crippen LogP contribution in [0.5, 0.6) is 0 Å². The van der Waals surface area contributed by atoms with Crippen LogP contribution in [0.2, 0.25) is 0 Å². The van der Waals surface area contributed by atoms with Crippen molar-refractivity contribution in [2.24, 2.45) is 5.16 Å². The van der Waals surface area contributed by atoms with E-state index in [4.69, 9.17) is 14.4 Å². The number of oxime groups is 1. The molecule has 0 heterocycles. The Bertz CT molecular complexity index is 1200. The number of esters is 1. The normalized spacial score (nSPS) is 16.4. The van der Waals surface area contributed by atoms with Gasteiger partial charge in [-0.05, 0) is 72.8 Å². The maximum absolute atomic E-state index is 13.3. The van der Waals surface area contributed by atoms with Gasteiger partial charge in [-0.15, -0.1) is 0 Å². The molecule has 39 heavy (non-hydrogen) atoms. The molecule has 210 valence electrons. The van der Waals surface area contributed by atoms with Crippen LogP contribution in [0.1, 0.15) is 101 Å². The maximum atomic E-state index is 13.3. The van der Waals surface area contributed by atoms with Crippen molar-refractivity contribution in [3.8, 4) is 0 Å². The Kier molecular flexibility index (Phi) is 9.89. The van der Waals surface area contributed by atoms with Crippen LogP contribution in [0.4, 0.5) is 0 Å². The molecule has 0 aromatic heterocycles. The number of hydrogen-bond donors (Lipinski definition) is 1. The van der Waals surface area contributed by atoms with Gasteiger partial charge in [0, 0.05) is 5.56 Å². The predicted octanol–water partition coefficient (Wildman–Crippen LogP) is 5.77. The Morgan fingerprint density at radius 2 is 1.59 bits per heavy atom. The first kappa shape index (κ1) is 29.9. The van der Waals surface area contributed by atoms with E-state index in [0.717, 1.165) is 31.2 Å². The number of rotatable bonds is 10. The van der Waals surface area contributed by atoms with Gasteiger partial charge in [-0.3, -0.25) is 4.79 Å². The molecule has 1 amide bonds. The number of hydroxylamine groups is 1. The van der Waals surface area contributed by atoms with Crippen LogP contribution >= 0.6 is 0 Å². The molecule has 1 aliphatic rings. The van der Waals surface area contributed by atoms with E-state index in [-0.39, 0.29) is 28.7 Å². The molecule has 0 saturated carbocycles. The Labute approximate surface area is 231 Å². The molecule has 1 aliphatic carbocycles. The van der Waals surface area contributed by atoms with E-state index in [2.05, 4.69) is 38.3 Å². The summed E-state index contributed by atoms with van der Waals surface area (Å²) in [5, 5.41) is 4.15. The van der Waals surface area contributed by atoms with Crippen LogP contribution in [-0.4, -0.2) is 36.3 Å². The Hall–Kier alpha value is -3.68. The van der Waals surface area contributed by atoms with E-state index >= 15 is 0 Å². The lowest BCUT2D eigenvalue weighted by Crippen LogP contribution is -2.36. The zero-order valence-corrected chi connectivity index (χ0v) is 23.8. The van der Waals surface area contributed by atoms with Crippen molar-refractivity contribution in [1.82, 2.24) is 5.48 Å². The molecule has 0 bridgehead atoms. The molecule has 1 unspecified atom stereocenters. The van der Waals surface area contributed by atoms with Crippen molar-refractivity contribution in [2.75, 3.05) is 6.61 Å².